The van der Waals surface area contributed by atoms with E-state index in [1.54, 1.807) is 7.05 Å². The van der Waals surface area contributed by atoms with Crippen LogP contribution in [0.2, 0.25) is 0 Å². The number of urea groups is 1. The third-order valence-electron chi connectivity index (χ3n) is 6.14. The Labute approximate surface area is 169 Å². The number of rotatable bonds is 5. The number of carbonyl (C=O) groups is 3. The van der Waals surface area contributed by atoms with E-state index in [2.05, 4.69) is 17.2 Å². The number of benzene rings is 1. The molecule has 1 aromatic carbocycles. The molecule has 2 aromatic rings. The van der Waals surface area contributed by atoms with Crippen molar-refractivity contribution in [3.05, 3.63) is 24.3 Å². The van der Waals surface area contributed by atoms with Crippen LogP contribution >= 0.6 is 0 Å². The highest BCUT2D eigenvalue weighted by molar-refractivity contribution is 6.10. The number of imide groups is 1. The lowest BCUT2D eigenvalue weighted by molar-refractivity contribution is -0.136. The van der Waals surface area contributed by atoms with Crippen molar-refractivity contribution in [2.75, 3.05) is 18.9 Å². The van der Waals surface area contributed by atoms with Crippen molar-refractivity contribution in [2.45, 2.75) is 57.5 Å². The van der Waals surface area contributed by atoms with Gasteiger partial charge in [-0.2, -0.15) is 0 Å². The van der Waals surface area contributed by atoms with Gasteiger partial charge in [-0.1, -0.05) is 38.3 Å². The van der Waals surface area contributed by atoms with E-state index < -0.39 is 17.5 Å². The first kappa shape index (κ1) is 19.4. The van der Waals surface area contributed by atoms with Gasteiger partial charge in [0.05, 0.1) is 11.0 Å². The highest BCUT2D eigenvalue weighted by atomic mass is 16.2. The van der Waals surface area contributed by atoms with Crippen LogP contribution in [0.3, 0.4) is 0 Å². The minimum Gasteiger partial charge on any atom is -0.313 e. The average Bonchev–Trinajstić information content (AvgIpc) is 3.14. The number of aryl methyl sites for hydroxylation is 1. The van der Waals surface area contributed by atoms with E-state index in [9.17, 15) is 14.4 Å². The van der Waals surface area contributed by atoms with E-state index in [4.69, 9.17) is 0 Å². The number of nitrogens with zero attached hydrogens (tertiary/aromatic N) is 4. The second kappa shape index (κ2) is 7.50. The van der Waals surface area contributed by atoms with Gasteiger partial charge in [-0.05, 0) is 31.4 Å². The second-order valence-electron chi connectivity index (χ2n) is 7.95. The number of aromatic nitrogens is 2. The third-order valence-corrected chi connectivity index (χ3v) is 6.14. The van der Waals surface area contributed by atoms with Crippen LogP contribution in [0, 0.1) is 0 Å². The van der Waals surface area contributed by atoms with Crippen LogP contribution in [0.15, 0.2) is 24.3 Å². The molecule has 2 aliphatic rings. The number of likely N-dealkylation sites (N-methyl/N-ethyl adjacent to an activating group) is 1. The fraction of sp³-hybridized carbons (Fsp3) is 0.524. The average molecular weight is 397 g/mol. The molecule has 1 aromatic heterocycles. The summed E-state index contributed by atoms with van der Waals surface area (Å²) in [4.78, 5) is 45.7. The minimum absolute atomic E-state index is 0.248. The Morgan fingerprint density at radius 3 is 2.62 bits per heavy atom. The summed E-state index contributed by atoms with van der Waals surface area (Å²) in [5, 5.41) is 2.81. The molecule has 0 unspecified atom stereocenters. The lowest BCUT2D eigenvalue weighted by atomic mass is 9.81. The van der Waals surface area contributed by atoms with Gasteiger partial charge in [0.15, 0.2) is 0 Å². The number of carbonyl (C=O) groups excluding carboxylic acids is 3. The molecule has 1 N–H and O–H groups in total. The highest BCUT2D eigenvalue weighted by Crippen LogP contribution is 2.39. The molecule has 4 amide bonds. The Hall–Kier alpha value is -2.90. The summed E-state index contributed by atoms with van der Waals surface area (Å²) in [6.45, 7) is 2.48. The van der Waals surface area contributed by atoms with Crippen LogP contribution in [0.1, 0.15) is 45.4 Å². The van der Waals surface area contributed by atoms with Gasteiger partial charge in [0.2, 0.25) is 11.9 Å². The molecular formula is C21H27N5O3. The molecule has 1 saturated heterocycles. The number of anilines is 1. The molecule has 1 spiro atoms. The van der Waals surface area contributed by atoms with Gasteiger partial charge in [-0.15, -0.1) is 0 Å². The zero-order chi connectivity index (χ0) is 20.6. The van der Waals surface area contributed by atoms with Crippen molar-refractivity contribution < 1.29 is 14.4 Å². The van der Waals surface area contributed by atoms with E-state index in [-0.39, 0.29) is 12.5 Å². The standard InChI is InChI=1S/C21H27N5O3/c1-3-13-25-16-10-6-5-9-15(16)22-19(25)23-17(27)14-26-18(28)21(24(2)20(26)29)11-7-4-8-12-21/h5-6,9-10H,3-4,7-8,11-14H2,1-2H3,(H,22,23,27). The number of nitrogens with one attached hydrogen (secondary N) is 1. The van der Waals surface area contributed by atoms with Crippen molar-refractivity contribution >= 4 is 34.8 Å². The summed E-state index contributed by atoms with van der Waals surface area (Å²) in [6.07, 6.45) is 5.14. The first-order chi connectivity index (χ1) is 14.0. The fourth-order valence-corrected chi connectivity index (χ4v) is 4.60. The monoisotopic (exact) mass is 397 g/mol. The maximum atomic E-state index is 13.1. The third kappa shape index (κ3) is 3.16. The van der Waals surface area contributed by atoms with Gasteiger partial charge in [0, 0.05) is 13.6 Å². The summed E-state index contributed by atoms with van der Waals surface area (Å²) in [6, 6.07) is 7.30. The molecule has 1 aliphatic heterocycles. The molecular weight excluding hydrogens is 370 g/mol. The normalized spacial score (nSPS) is 18.8. The second-order valence-corrected chi connectivity index (χ2v) is 7.95. The van der Waals surface area contributed by atoms with E-state index >= 15 is 0 Å². The first-order valence-corrected chi connectivity index (χ1v) is 10.3. The molecule has 0 atom stereocenters. The van der Waals surface area contributed by atoms with Crippen LogP contribution < -0.4 is 5.32 Å². The van der Waals surface area contributed by atoms with Gasteiger partial charge in [-0.25, -0.2) is 9.78 Å². The molecule has 2 heterocycles. The number of amides is 4. The predicted molar refractivity (Wildman–Crippen MR) is 109 cm³/mol. The molecule has 2 fully saturated rings. The van der Waals surface area contributed by atoms with Crippen molar-refractivity contribution in [3.8, 4) is 0 Å². The summed E-state index contributed by atoms with van der Waals surface area (Å²) in [5.74, 6) is -0.222. The van der Waals surface area contributed by atoms with Crippen LogP contribution in [0.25, 0.3) is 11.0 Å². The summed E-state index contributed by atoms with van der Waals surface area (Å²) >= 11 is 0. The van der Waals surface area contributed by atoms with Crippen LogP contribution in [0.4, 0.5) is 10.7 Å². The van der Waals surface area contributed by atoms with Gasteiger partial charge in [-0.3, -0.25) is 19.8 Å². The van der Waals surface area contributed by atoms with Gasteiger partial charge in [0.25, 0.3) is 5.91 Å². The van der Waals surface area contributed by atoms with Crippen LogP contribution in [-0.2, 0) is 16.1 Å². The zero-order valence-electron chi connectivity index (χ0n) is 17.0. The van der Waals surface area contributed by atoms with Gasteiger partial charge < -0.3 is 9.47 Å². The Bertz CT molecular complexity index is 960. The molecule has 1 aliphatic carbocycles. The van der Waals surface area contributed by atoms with E-state index in [1.165, 1.54) is 4.90 Å². The lowest BCUT2D eigenvalue weighted by Crippen LogP contribution is -2.49. The largest absolute Gasteiger partial charge is 0.327 e. The molecule has 8 nitrogen and oxygen atoms in total. The lowest BCUT2D eigenvalue weighted by Gasteiger charge is -2.35. The minimum atomic E-state index is -0.773. The smallest absolute Gasteiger partial charge is 0.313 e. The van der Waals surface area contributed by atoms with Crippen molar-refractivity contribution in [2.24, 2.45) is 0 Å². The summed E-state index contributed by atoms with van der Waals surface area (Å²) in [7, 11) is 1.67. The quantitative estimate of drug-likeness (QED) is 0.786. The molecule has 8 heteroatoms. The predicted octanol–water partition coefficient (Wildman–Crippen LogP) is 2.98. The topological polar surface area (TPSA) is 87.5 Å². The van der Waals surface area contributed by atoms with E-state index in [1.807, 2.05) is 28.8 Å². The van der Waals surface area contributed by atoms with Crippen LogP contribution in [0.5, 0.6) is 0 Å². The molecule has 29 heavy (non-hydrogen) atoms. The van der Waals surface area contributed by atoms with E-state index in [0.29, 0.717) is 25.3 Å². The van der Waals surface area contributed by atoms with E-state index in [0.717, 1.165) is 41.6 Å². The van der Waals surface area contributed by atoms with Crippen molar-refractivity contribution in [3.63, 3.8) is 0 Å². The molecule has 0 radical (unpaired) electrons. The number of hydrogen-bond donors (Lipinski definition) is 1. The first-order valence-electron chi connectivity index (χ1n) is 10.3. The maximum absolute atomic E-state index is 13.1. The summed E-state index contributed by atoms with van der Waals surface area (Å²) < 4.78 is 1.95. The fourth-order valence-electron chi connectivity index (χ4n) is 4.60. The van der Waals surface area contributed by atoms with Crippen LogP contribution in [-0.4, -0.2) is 56.3 Å². The van der Waals surface area contributed by atoms with Gasteiger partial charge in [0.1, 0.15) is 12.1 Å². The van der Waals surface area contributed by atoms with Crippen molar-refractivity contribution in [1.82, 2.24) is 19.4 Å². The Kier molecular flexibility index (Phi) is 5.02. The Morgan fingerprint density at radius 2 is 1.90 bits per heavy atom. The van der Waals surface area contributed by atoms with Crippen molar-refractivity contribution in [1.29, 1.82) is 0 Å². The van der Waals surface area contributed by atoms with Gasteiger partial charge >= 0.3 is 6.03 Å². The molecule has 4 rings (SSSR count). The maximum Gasteiger partial charge on any atom is 0.327 e. The number of hydrogen-bond acceptors (Lipinski definition) is 4. The molecule has 154 valence electrons. The zero-order valence-corrected chi connectivity index (χ0v) is 17.0. The Morgan fingerprint density at radius 1 is 1.17 bits per heavy atom. The molecule has 1 saturated carbocycles. The highest BCUT2D eigenvalue weighted by Gasteiger charge is 2.55. The number of para-hydroxylation sites is 2. The number of fused-ring (bicyclic) bond motifs is 1. The SMILES string of the molecule is CCCn1c(NC(=O)CN2C(=O)N(C)C3(CCCCC3)C2=O)nc2ccccc21. The summed E-state index contributed by atoms with van der Waals surface area (Å²) in [5.41, 5.74) is 0.967. The molecule has 0 bridgehead atoms. The number of imidazole rings is 1. The Balaban J connectivity index is 1.53.